The number of amidine groups is 1. The van der Waals surface area contributed by atoms with Crippen LogP contribution < -0.4 is 5.32 Å². The highest BCUT2D eigenvalue weighted by Crippen LogP contribution is 2.25. The fourth-order valence-electron chi connectivity index (χ4n) is 2.23. The highest BCUT2D eigenvalue weighted by molar-refractivity contribution is 8.14. The number of hydrogen-bond donors (Lipinski definition) is 1. The van der Waals surface area contributed by atoms with E-state index in [4.69, 9.17) is 0 Å². The lowest BCUT2D eigenvalue weighted by Crippen LogP contribution is -2.29. The maximum Gasteiger partial charge on any atom is 0.156 e. The van der Waals surface area contributed by atoms with Gasteiger partial charge in [-0.25, -0.2) is 0 Å². The van der Waals surface area contributed by atoms with Gasteiger partial charge >= 0.3 is 0 Å². The molecule has 1 unspecified atom stereocenters. The lowest BCUT2D eigenvalue weighted by atomic mass is 10.1. The van der Waals surface area contributed by atoms with Crippen molar-refractivity contribution in [2.75, 3.05) is 25.9 Å². The summed E-state index contributed by atoms with van der Waals surface area (Å²) in [6.45, 7) is 6.61. The molecule has 0 aromatic heterocycles. The van der Waals surface area contributed by atoms with Crippen LogP contribution in [-0.4, -0.2) is 48.0 Å². The maximum absolute atomic E-state index is 4.66. The van der Waals surface area contributed by atoms with E-state index in [1.54, 1.807) is 0 Å². The van der Waals surface area contributed by atoms with Crippen LogP contribution >= 0.6 is 11.8 Å². The molecular weight excluding hydrogens is 230 g/mol. The number of likely N-dealkylation sites (N-methyl/N-ethyl adjacent to an activating group) is 1. The third-order valence-electron chi connectivity index (χ3n) is 3.38. The summed E-state index contributed by atoms with van der Waals surface area (Å²) in [5.74, 6) is 1.96. The van der Waals surface area contributed by atoms with Crippen molar-refractivity contribution in [2.24, 2.45) is 10.9 Å². The molecule has 0 bridgehead atoms. The molecule has 0 aromatic carbocycles. The molecule has 2 aliphatic rings. The second-order valence-electron chi connectivity index (χ2n) is 5.68. The van der Waals surface area contributed by atoms with Gasteiger partial charge < -0.3 is 10.2 Å². The van der Waals surface area contributed by atoms with E-state index >= 15 is 0 Å². The van der Waals surface area contributed by atoms with Gasteiger partial charge in [-0.15, -0.1) is 0 Å². The molecule has 2 fully saturated rings. The standard InChI is InChI=1S/C13H25N3S/c1-10(2)8-11-9-17-13(15-11)14-6-7-16(3)12-4-5-12/h10-12H,4-9H2,1-3H3,(H,14,15). The first-order valence-electron chi connectivity index (χ1n) is 6.79. The number of rotatable bonds is 6. The van der Waals surface area contributed by atoms with Crippen molar-refractivity contribution in [2.45, 2.75) is 45.2 Å². The SMILES string of the molecule is CC(C)CC1CSC(=NCCN(C)C2CC2)N1. The molecule has 0 radical (unpaired) electrons. The maximum atomic E-state index is 4.66. The van der Waals surface area contributed by atoms with Crippen LogP contribution in [0.1, 0.15) is 33.1 Å². The van der Waals surface area contributed by atoms with Gasteiger partial charge in [0.05, 0.1) is 6.54 Å². The topological polar surface area (TPSA) is 27.6 Å². The Morgan fingerprint density at radius 1 is 1.47 bits per heavy atom. The third kappa shape index (κ3) is 4.51. The van der Waals surface area contributed by atoms with Gasteiger partial charge in [-0.3, -0.25) is 4.99 Å². The van der Waals surface area contributed by atoms with Crippen LogP contribution in [0.15, 0.2) is 4.99 Å². The largest absolute Gasteiger partial charge is 0.361 e. The van der Waals surface area contributed by atoms with Crippen molar-refractivity contribution in [1.82, 2.24) is 10.2 Å². The Bertz CT molecular complexity index is 274. The summed E-state index contributed by atoms with van der Waals surface area (Å²) < 4.78 is 0. The Labute approximate surface area is 109 Å². The zero-order chi connectivity index (χ0) is 12.3. The van der Waals surface area contributed by atoms with Crippen molar-refractivity contribution in [3.05, 3.63) is 0 Å². The van der Waals surface area contributed by atoms with Gasteiger partial charge in [0.1, 0.15) is 0 Å². The van der Waals surface area contributed by atoms with Crippen LogP contribution in [0.4, 0.5) is 0 Å². The van der Waals surface area contributed by atoms with Crippen LogP contribution in [0.25, 0.3) is 0 Å². The van der Waals surface area contributed by atoms with Crippen LogP contribution in [0.5, 0.6) is 0 Å². The van der Waals surface area contributed by atoms with Gasteiger partial charge in [0, 0.05) is 24.4 Å². The summed E-state index contributed by atoms with van der Waals surface area (Å²) in [4.78, 5) is 7.10. The molecule has 1 saturated heterocycles. The van der Waals surface area contributed by atoms with Crippen molar-refractivity contribution >= 4 is 16.9 Å². The molecule has 1 atom stereocenters. The van der Waals surface area contributed by atoms with E-state index in [2.05, 4.69) is 36.1 Å². The van der Waals surface area contributed by atoms with E-state index in [1.165, 1.54) is 30.2 Å². The molecule has 98 valence electrons. The minimum Gasteiger partial charge on any atom is -0.361 e. The molecule has 0 amide bonds. The molecule has 1 aliphatic carbocycles. The molecular formula is C13H25N3S. The molecule has 3 nitrogen and oxygen atoms in total. The number of aliphatic imine (C=N–C) groups is 1. The van der Waals surface area contributed by atoms with Crippen LogP contribution in [0, 0.1) is 5.92 Å². The molecule has 17 heavy (non-hydrogen) atoms. The third-order valence-corrected chi connectivity index (χ3v) is 4.47. The van der Waals surface area contributed by atoms with Crippen LogP contribution in [-0.2, 0) is 0 Å². The van der Waals surface area contributed by atoms with Crippen molar-refractivity contribution in [1.29, 1.82) is 0 Å². The van der Waals surface area contributed by atoms with Gasteiger partial charge in [-0.1, -0.05) is 25.6 Å². The molecule has 2 rings (SSSR count). The zero-order valence-electron chi connectivity index (χ0n) is 11.3. The lowest BCUT2D eigenvalue weighted by molar-refractivity contribution is 0.334. The van der Waals surface area contributed by atoms with E-state index in [9.17, 15) is 0 Å². The summed E-state index contributed by atoms with van der Waals surface area (Å²) >= 11 is 1.89. The first-order valence-corrected chi connectivity index (χ1v) is 7.77. The van der Waals surface area contributed by atoms with Gasteiger partial charge in [0.2, 0.25) is 0 Å². The number of nitrogens with one attached hydrogen (secondary N) is 1. The second-order valence-corrected chi connectivity index (χ2v) is 6.69. The number of thioether (sulfide) groups is 1. The summed E-state index contributed by atoms with van der Waals surface area (Å²) in [7, 11) is 2.22. The molecule has 1 N–H and O–H groups in total. The number of nitrogens with zero attached hydrogens (tertiary/aromatic N) is 2. The normalized spacial score (nSPS) is 27.1. The summed E-state index contributed by atoms with van der Waals surface area (Å²) in [5, 5.41) is 4.70. The molecule has 4 heteroatoms. The smallest absolute Gasteiger partial charge is 0.156 e. The second kappa shape index (κ2) is 6.10. The zero-order valence-corrected chi connectivity index (χ0v) is 12.1. The fraction of sp³-hybridized carbons (Fsp3) is 0.923. The van der Waals surface area contributed by atoms with E-state index in [-0.39, 0.29) is 0 Å². The van der Waals surface area contributed by atoms with E-state index in [0.29, 0.717) is 6.04 Å². The first-order chi connectivity index (χ1) is 8.15. The van der Waals surface area contributed by atoms with E-state index in [0.717, 1.165) is 25.0 Å². The fourth-order valence-corrected chi connectivity index (χ4v) is 3.24. The van der Waals surface area contributed by atoms with Crippen molar-refractivity contribution in [3.63, 3.8) is 0 Å². The average Bonchev–Trinajstić information content (AvgIpc) is 3.02. The predicted molar refractivity (Wildman–Crippen MR) is 76.8 cm³/mol. The lowest BCUT2D eigenvalue weighted by Gasteiger charge is -2.14. The van der Waals surface area contributed by atoms with Gasteiger partial charge in [-0.2, -0.15) is 0 Å². The van der Waals surface area contributed by atoms with Gasteiger partial charge in [0.15, 0.2) is 5.17 Å². The minimum absolute atomic E-state index is 0.639. The minimum atomic E-state index is 0.639. The first kappa shape index (κ1) is 13.2. The van der Waals surface area contributed by atoms with Gasteiger partial charge in [0.25, 0.3) is 0 Å². The van der Waals surface area contributed by atoms with E-state index in [1.807, 2.05) is 11.8 Å². The van der Waals surface area contributed by atoms with Gasteiger partial charge in [-0.05, 0) is 32.2 Å². The number of hydrogen-bond acceptors (Lipinski definition) is 3. The Kier molecular flexibility index (Phi) is 4.74. The Morgan fingerprint density at radius 3 is 2.88 bits per heavy atom. The summed E-state index contributed by atoms with van der Waals surface area (Å²) in [6, 6.07) is 1.49. The van der Waals surface area contributed by atoms with Crippen LogP contribution in [0.2, 0.25) is 0 Å². The Morgan fingerprint density at radius 2 is 2.24 bits per heavy atom. The Balaban J connectivity index is 1.64. The molecule has 1 heterocycles. The summed E-state index contributed by atoms with van der Waals surface area (Å²) in [5.41, 5.74) is 0. The molecule has 0 aromatic rings. The predicted octanol–water partition coefficient (Wildman–Crippen LogP) is 2.19. The molecule has 0 spiro atoms. The molecule has 1 saturated carbocycles. The highest BCUT2D eigenvalue weighted by atomic mass is 32.2. The quantitative estimate of drug-likeness (QED) is 0.788. The monoisotopic (exact) mass is 255 g/mol. The van der Waals surface area contributed by atoms with Crippen molar-refractivity contribution < 1.29 is 0 Å². The van der Waals surface area contributed by atoms with Crippen molar-refractivity contribution in [3.8, 4) is 0 Å². The Hall–Kier alpha value is -0.220. The average molecular weight is 255 g/mol. The van der Waals surface area contributed by atoms with E-state index < -0.39 is 0 Å². The van der Waals surface area contributed by atoms with Crippen LogP contribution in [0.3, 0.4) is 0 Å². The highest BCUT2D eigenvalue weighted by Gasteiger charge is 2.25. The molecule has 1 aliphatic heterocycles. The summed E-state index contributed by atoms with van der Waals surface area (Å²) in [6.07, 6.45) is 4.03.